The van der Waals surface area contributed by atoms with Gasteiger partial charge in [-0.05, 0) is 37.5 Å². The summed E-state index contributed by atoms with van der Waals surface area (Å²) in [5.41, 5.74) is 1.13. The van der Waals surface area contributed by atoms with Crippen LogP contribution in [0.2, 0.25) is 0 Å². The van der Waals surface area contributed by atoms with Gasteiger partial charge in [0.15, 0.2) is 11.8 Å². The van der Waals surface area contributed by atoms with Crippen LogP contribution in [0, 0.1) is 6.92 Å². The Labute approximate surface area is 177 Å². The van der Waals surface area contributed by atoms with Crippen molar-refractivity contribution in [1.82, 2.24) is 25.4 Å². The van der Waals surface area contributed by atoms with E-state index >= 15 is 0 Å². The van der Waals surface area contributed by atoms with Crippen molar-refractivity contribution in [3.63, 3.8) is 0 Å². The van der Waals surface area contributed by atoms with Gasteiger partial charge in [0.05, 0.1) is 20.2 Å². The highest BCUT2D eigenvalue weighted by atomic mass is 127. The number of hydrogen-bond acceptors (Lipinski definition) is 4. The lowest BCUT2D eigenvalue weighted by molar-refractivity contribution is 0.414. The normalized spacial score (nSPS) is 14.1. The van der Waals surface area contributed by atoms with Gasteiger partial charge in [0, 0.05) is 13.1 Å². The van der Waals surface area contributed by atoms with Gasteiger partial charge in [-0.15, -0.1) is 34.2 Å². The van der Waals surface area contributed by atoms with E-state index in [9.17, 15) is 0 Å². The van der Waals surface area contributed by atoms with Crippen LogP contribution in [-0.4, -0.2) is 33.9 Å². The smallest absolute Gasteiger partial charge is 0.192 e. The number of aromatic nitrogens is 3. The number of ether oxygens (including phenoxy) is 1. The minimum atomic E-state index is 0. The predicted octanol–water partition coefficient (Wildman–Crippen LogP) is 2.70. The molecule has 1 aliphatic carbocycles. The van der Waals surface area contributed by atoms with Crippen molar-refractivity contribution in [3.05, 3.63) is 53.6 Å². The van der Waals surface area contributed by atoms with E-state index in [2.05, 4.69) is 33.0 Å². The number of rotatable bonds is 6. The zero-order valence-electron chi connectivity index (χ0n) is 16.0. The molecule has 0 fully saturated rings. The average molecular weight is 482 g/mol. The third kappa shape index (κ3) is 5.95. The van der Waals surface area contributed by atoms with E-state index in [0.29, 0.717) is 19.1 Å². The van der Waals surface area contributed by atoms with Crippen LogP contribution in [0.25, 0.3) is 0 Å². The lowest BCUT2D eigenvalue weighted by Crippen LogP contribution is -2.42. The van der Waals surface area contributed by atoms with E-state index in [1.807, 2.05) is 42.8 Å². The fourth-order valence-electron chi connectivity index (χ4n) is 2.75. The zero-order valence-corrected chi connectivity index (χ0v) is 18.3. The first-order valence-electron chi connectivity index (χ1n) is 8.83. The Balaban J connectivity index is 0.00000261. The van der Waals surface area contributed by atoms with Gasteiger partial charge in [-0.25, -0.2) is 4.99 Å². The minimum absolute atomic E-state index is 0. The van der Waals surface area contributed by atoms with Crippen LogP contribution in [0.1, 0.15) is 30.1 Å². The second-order valence-corrected chi connectivity index (χ2v) is 6.37. The largest absolute Gasteiger partial charge is 0.497 e. The van der Waals surface area contributed by atoms with Crippen LogP contribution in [0.15, 0.2) is 41.4 Å². The van der Waals surface area contributed by atoms with Crippen molar-refractivity contribution >= 4 is 29.9 Å². The molecule has 1 heterocycles. The summed E-state index contributed by atoms with van der Waals surface area (Å²) in [5, 5.41) is 15.2. The number of methoxy groups -OCH3 is 1. The molecule has 8 heteroatoms. The molecule has 0 bridgehead atoms. The Morgan fingerprint density at radius 3 is 2.52 bits per heavy atom. The van der Waals surface area contributed by atoms with Crippen molar-refractivity contribution in [2.45, 2.75) is 38.9 Å². The lowest BCUT2D eigenvalue weighted by atomic mass is 10.2. The maximum absolute atomic E-state index is 5.20. The molecule has 1 aromatic heterocycles. The van der Waals surface area contributed by atoms with Crippen molar-refractivity contribution in [3.8, 4) is 5.75 Å². The number of aliphatic imine (C=N–C) groups is 1. The van der Waals surface area contributed by atoms with Gasteiger partial charge in [-0.1, -0.05) is 24.3 Å². The molecular formula is C19H27IN6O. The summed E-state index contributed by atoms with van der Waals surface area (Å²) >= 11 is 0. The number of nitrogens with one attached hydrogen (secondary N) is 2. The van der Waals surface area contributed by atoms with Crippen LogP contribution in [0.4, 0.5) is 0 Å². The first-order valence-corrected chi connectivity index (χ1v) is 8.83. The topological polar surface area (TPSA) is 76.4 Å². The summed E-state index contributed by atoms with van der Waals surface area (Å²) in [4.78, 5) is 4.73. The lowest BCUT2D eigenvalue weighted by Gasteiger charge is -2.17. The van der Waals surface area contributed by atoms with E-state index in [0.717, 1.165) is 41.8 Å². The number of aryl methyl sites for hydroxylation is 1. The van der Waals surface area contributed by atoms with Gasteiger partial charge in [0.25, 0.3) is 0 Å². The standard InChI is InChI=1S/C19H26N6O.HI/c1-14-23-24-18(25(14)2)13-21-19(22-16-6-4-5-7-16)20-12-15-8-10-17(26-3)11-9-15;/h4-5,8-11,16H,6-7,12-13H2,1-3H3,(H2,20,21,22);1H. The van der Waals surface area contributed by atoms with E-state index in [1.165, 1.54) is 0 Å². The molecule has 0 aliphatic heterocycles. The molecule has 0 unspecified atom stereocenters. The second kappa shape index (κ2) is 10.3. The number of halogens is 1. The number of hydrogen-bond donors (Lipinski definition) is 2. The summed E-state index contributed by atoms with van der Waals surface area (Å²) < 4.78 is 7.18. The minimum Gasteiger partial charge on any atom is -0.497 e. The molecule has 0 spiro atoms. The van der Waals surface area contributed by atoms with Gasteiger partial charge < -0.3 is 19.9 Å². The number of nitrogens with zero attached hydrogens (tertiary/aromatic N) is 4. The van der Waals surface area contributed by atoms with Gasteiger partial charge in [0.1, 0.15) is 11.6 Å². The van der Waals surface area contributed by atoms with E-state index in [1.54, 1.807) is 7.11 Å². The predicted molar refractivity (Wildman–Crippen MR) is 117 cm³/mol. The Hall–Kier alpha value is -2.10. The molecule has 0 radical (unpaired) electrons. The van der Waals surface area contributed by atoms with Crippen molar-refractivity contribution in [2.24, 2.45) is 12.0 Å². The molecule has 0 atom stereocenters. The van der Waals surface area contributed by atoms with Gasteiger partial charge in [-0.2, -0.15) is 0 Å². The molecule has 1 aromatic carbocycles. The second-order valence-electron chi connectivity index (χ2n) is 6.37. The Bertz CT molecular complexity index is 776. The summed E-state index contributed by atoms with van der Waals surface area (Å²) in [6.07, 6.45) is 6.44. The third-order valence-corrected chi connectivity index (χ3v) is 4.52. The maximum Gasteiger partial charge on any atom is 0.192 e. The fraction of sp³-hybridized carbons (Fsp3) is 0.421. The summed E-state index contributed by atoms with van der Waals surface area (Å²) in [6.45, 7) is 3.11. The van der Waals surface area contributed by atoms with Crippen molar-refractivity contribution in [2.75, 3.05) is 7.11 Å². The third-order valence-electron chi connectivity index (χ3n) is 4.52. The SMILES string of the molecule is COc1ccc(CN=C(NCc2nnc(C)n2C)NC2CC=CC2)cc1.I. The summed E-state index contributed by atoms with van der Waals surface area (Å²) in [5.74, 6) is 3.41. The number of guanidine groups is 1. The first kappa shape index (κ1) is 21.2. The van der Waals surface area contributed by atoms with E-state index in [4.69, 9.17) is 9.73 Å². The molecular weight excluding hydrogens is 455 g/mol. The Morgan fingerprint density at radius 1 is 1.22 bits per heavy atom. The monoisotopic (exact) mass is 482 g/mol. The van der Waals surface area contributed by atoms with E-state index < -0.39 is 0 Å². The molecule has 3 rings (SSSR count). The molecule has 0 saturated heterocycles. The quantitative estimate of drug-likeness (QED) is 0.287. The first-order chi connectivity index (χ1) is 12.7. The molecule has 146 valence electrons. The highest BCUT2D eigenvalue weighted by Gasteiger charge is 2.13. The van der Waals surface area contributed by atoms with Gasteiger partial charge >= 0.3 is 0 Å². The average Bonchev–Trinajstić information content (AvgIpc) is 3.29. The molecule has 1 aliphatic rings. The molecule has 0 saturated carbocycles. The van der Waals surface area contributed by atoms with Gasteiger partial charge in [0.2, 0.25) is 0 Å². The fourth-order valence-corrected chi connectivity index (χ4v) is 2.75. The highest BCUT2D eigenvalue weighted by Crippen LogP contribution is 2.12. The van der Waals surface area contributed by atoms with Crippen LogP contribution in [0.5, 0.6) is 5.75 Å². The van der Waals surface area contributed by atoms with Crippen LogP contribution in [0.3, 0.4) is 0 Å². The maximum atomic E-state index is 5.20. The van der Waals surface area contributed by atoms with Gasteiger partial charge in [-0.3, -0.25) is 0 Å². The zero-order chi connectivity index (χ0) is 18.4. The summed E-state index contributed by atoms with van der Waals surface area (Å²) in [7, 11) is 3.64. The summed E-state index contributed by atoms with van der Waals surface area (Å²) in [6, 6.07) is 8.36. The Kier molecular flexibility index (Phi) is 8.08. The molecule has 2 N–H and O–H groups in total. The van der Waals surface area contributed by atoms with Crippen LogP contribution >= 0.6 is 24.0 Å². The molecule has 7 nitrogen and oxygen atoms in total. The van der Waals surface area contributed by atoms with E-state index in [-0.39, 0.29) is 24.0 Å². The highest BCUT2D eigenvalue weighted by molar-refractivity contribution is 14.0. The van der Waals surface area contributed by atoms with Crippen molar-refractivity contribution < 1.29 is 4.74 Å². The van der Waals surface area contributed by atoms with Crippen LogP contribution < -0.4 is 15.4 Å². The number of benzene rings is 1. The Morgan fingerprint density at radius 2 is 1.93 bits per heavy atom. The molecule has 0 amide bonds. The van der Waals surface area contributed by atoms with Crippen LogP contribution in [-0.2, 0) is 20.1 Å². The molecule has 27 heavy (non-hydrogen) atoms. The molecule has 2 aromatic rings. The van der Waals surface area contributed by atoms with Crippen molar-refractivity contribution in [1.29, 1.82) is 0 Å².